The molecular weight excluding hydrogens is 311 g/mol. The van der Waals surface area contributed by atoms with Gasteiger partial charge in [0.15, 0.2) is 0 Å². The van der Waals surface area contributed by atoms with E-state index in [1.165, 1.54) is 7.05 Å². The third-order valence-corrected chi connectivity index (χ3v) is 3.46. The van der Waals surface area contributed by atoms with Crippen molar-refractivity contribution in [3.05, 3.63) is 47.5 Å². The largest absolute Gasteiger partial charge is 0.416 e. The molecule has 0 unspecified atom stereocenters. The first kappa shape index (κ1) is 15.6. The Kier molecular flexibility index (Phi) is 4.36. The van der Waals surface area contributed by atoms with Crippen LogP contribution in [0.15, 0.2) is 40.3 Å². The van der Waals surface area contributed by atoms with Crippen LogP contribution in [0.1, 0.15) is 5.56 Å². The molecule has 0 amide bonds. The van der Waals surface area contributed by atoms with E-state index in [0.29, 0.717) is 17.8 Å². The molecule has 2 rings (SSSR count). The molecule has 0 fully saturated rings. The fourth-order valence-corrected chi connectivity index (χ4v) is 2.37. The highest BCUT2D eigenvalue weighted by molar-refractivity contribution is 7.99. The van der Waals surface area contributed by atoms with Crippen molar-refractivity contribution in [3.63, 3.8) is 0 Å². The van der Waals surface area contributed by atoms with Crippen LogP contribution in [-0.4, -0.2) is 12.0 Å². The highest BCUT2D eigenvalue weighted by Crippen LogP contribution is 2.35. The molecule has 1 heterocycles. The van der Waals surface area contributed by atoms with Crippen LogP contribution in [0.25, 0.3) is 0 Å². The number of hydrogen-bond donors (Lipinski definition) is 1. The van der Waals surface area contributed by atoms with E-state index >= 15 is 0 Å². The minimum Gasteiger partial charge on any atom is -0.373 e. The Bertz CT molecular complexity index is 657. The Balaban J connectivity index is 2.39. The lowest BCUT2D eigenvalue weighted by Gasteiger charge is -2.11. The second-order valence-electron chi connectivity index (χ2n) is 4.00. The number of aromatic nitrogens is 1. The molecule has 112 valence electrons. The van der Waals surface area contributed by atoms with Crippen LogP contribution >= 0.6 is 11.8 Å². The topological polar surface area (TPSA) is 24.9 Å². The maximum absolute atomic E-state index is 13.5. The molecule has 0 bridgehead atoms. The van der Waals surface area contributed by atoms with Crippen LogP contribution in [0, 0.1) is 11.6 Å². The Morgan fingerprint density at radius 1 is 1.10 bits per heavy atom. The zero-order chi connectivity index (χ0) is 15.6. The molecule has 2 aromatic rings. The molecule has 0 atom stereocenters. The van der Waals surface area contributed by atoms with Gasteiger partial charge in [-0.1, -0.05) is 11.8 Å². The van der Waals surface area contributed by atoms with Crippen molar-refractivity contribution in [3.8, 4) is 0 Å². The molecule has 21 heavy (non-hydrogen) atoms. The Morgan fingerprint density at radius 3 is 2.38 bits per heavy atom. The van der Waals surface area contributed by atoms with Crippen molar-refractivity contribution in [2.75, 3.05) is 12.4 Å². The van der Waals surface area contributed by atoms with Gasteiger partial charge >= 0.3 is 6.18 Å². The molecule has 0 saturated carbocycles. The number of anilines is 1. The van der Waals surface area contributed by atoms with Gasteiger partial charge in [0.1, 0.15) is 22.5 Å². The summed E-state index contributed by atoms with van der Waals surface area (Å²) in [7, 11) is 1.43. The first-order chi connectivity index (χ1) is 9.79. The number of rotatable bonds is 3. The van der Waals surface area contributed by atoms with Crippen molar-refractivity contribution in [2.24, 2.45) is 0 Å². The number of alkyl halides is 3. The van der Waals surface area contributed by atoms with E-state index in [0.717, 1.165) is 24.3 Å². The second kappa shape index (κ2) is 5.88. The molecule has 0 saturated heterocycles. The van der Waals surface area contributed by atoms with Gasteiger partial charge in [-0.25, -0.2) is 13.8 Å². The average Bonchev–Trinajstić information content (AvgIpc) is 2.40. The van der Waals surface area contributed by atoms with E-state index in [9.17, 15) is 22.0 Å². The summed E-state index contributed by atoms with van der Waals surface area (Å²) in [4.78, 5) is 3.91. The minimum absolute atomic E-state index is 0.00900. The monoisotopic (exact) mass is 320 g/mol. The molecule has 0 aliphatic heterocycles. The summed E-state index contributed by atoms with van der Waals surface area (Å²) in [6.45, 7) is 0. The number of pyridine rings is 1. The molecule has 0 aliphatic rings. The van der Waals surface area contributed by atoms with E-state index in [4.69, 9.17) is 0 Å². The zero-order valence-electron chi connectivity index (χ0n) is 10.6. The zero-order valence-corrected chi connectivity index (χ0v) is 11.4. The maximum Gasteiger partial charge on any atom is 0.416 e. The van der Waals surface area contributed by atoms with Gasteiger partial charge in [0.25, 0.3) is 0 Å². The number of halogens is 5. The van der Waals surface area contributed by atoms with Crippen LogP contribution in [0.4, 0.5) is 27.8 Å². The van der Waals surface area contributed by atoms with Crippen LogP contribution in [-0.2, 0) is 6.18 Å². The Labute approximate surface area is 121 Å². The number of nitrogens with zero attached hydrogens (tertiary/aromatic N) is 1. The third-order valence-electron chi connectivity index (χ3n) is 2.49. The van der Waals surface area contributed by atoms with Gasteiger partial charge in [-0.3, -0.25) is 0 Å². The predicted octanol–water partition coefficient (Wildman–Crippen LogP) is 4.57. The third kappa shape index (κ3) is 3.84. The van der Waals surface area contributed by atoms with Gasteiger partial charge in [0, 0.05) is 18.0 Å². The van der Waals surface area contributed by atoms with E-state index < -0.39 is 23.4 Å². The first-order valence-electron chi connectivity index (χ1n) is 5.69. The molecule has 0 spiro atoms. The molecule has 1 aromatic carbocycles. The summed E-state index contributed by atoms with van der Waals surface area (Å²) in [5.74, 6) is -1.61. The number of benzene rings is 1. The highest BCUT2D eigenvalue weighted by atomic mass is 32.2. The highest BCUT2D eigenvalue weighted by Gasteiger charge is 2.31. The summed E-state index contributed by atoms with van der Waals surface area (Å²) < 4.78 is 64.6. The van der Waals surface area contributed by atoms with Crippen LogP contribution in [0.5, 0.6) is 0 Å². The van der Waals surface area contributed by atoms with Gasteiger partial charge in [-0.05, 0) is 24.3 Å². The Hall–Kier alpha value is -1.83. The van der Waals surface area contributed by atoms with E-state index in [1.807, 2.05) is 0 Å². The van der Waals surface area contributed by atoms with E-state index in [1.54, 1.807) is 0 Å². The molecule has 1 N–H and O–H groups in total. The summed E-state index contributed by atoms with van der Waals surface area (Å²) in [5, 5.41) is 2.47. The van der Waals surface area contributed by atoms with Crippen molar-refractivity contribution in [1.29, 1.82) is 0 Å². The minimum atomic E-state index is -4.54. The average molecular weight is 320 g/mol. The van der Waals surface area contributed by atoms with Crippen LogP contribution in [0.2, 0.25) is 0 Å². The number of hydrogen-bond acceptors (Lipinski definition) is 3. The lowest BCUT2D eigenvalue weighted by atomic mass is 10.2. The van der Waals surface area contributed by atoms with Crippen molar-refractivity contribution >= 4 is 17.6 Å². The first-order valence-corrected chi connectivity index (χ1v) is 6.51. The molecule has 8 heteroatoms. The second-order valence-corrected chi connectivity index (χ2v) is 5.07. The van der Waals surface area contributed by atoms with Crippen LogP contribution < -0.4 is 5.32 Å². The molecule has 0 aliphatic carbocycles. The van der Waals surface area contributed by atoms with Gasteiger partial charge in [-0.2, -0.15) is 13.2 Å². The van der Waals surface area contributed by atoms with Gasteiger partial charge < -0.3 is 5.32 Å². The summed E-state index contributed by atoms with van der Waals surface area (Å²) in [5.41, 5.74) is -0.896. The molecule has 2 nitrogen and oxygen atoms in total. The van der Waals surface area contributed by atoms with E-state index in [-0.39, 0.29) is 15.7 Å². The molecule has 0 radical (unpaired) electrons. The molecular formula is C13H9F5N2S. The smallest absolute Gasteiger partial charge is 0.373 e. The van der Waals surface area contributed by atoms with Gasteiger partial charge in [0.2, 0.25) is 0 Å². The van der Waals surface area contributed by atoms with Crippen molar-refractivity contribution in [1.82, 2.24) is 4.98 Å². The van der Waals surface area contributed by atoms with Gasteiger partial charge in [0.05, 0.1) is 5.56 Å². The van der Waals surface area contributed by atoms with Crippen LogP contribution in [0.3, 0.4) is 0 Å². The lowest BCUT2D eigenvalue weighted by Crippen LogP contribution is -2.07. The maximum atomic E-state index is 13.5. The summed E-state index contributed by atoms with van der Waals surface area (Å²) in [6.07, 6.45) is -4.54. The standard InChI is InChI=1S/C13H9F5N2S/c1-19-11-4-7(13(16,17)18)5-12(20-11)21-10-3-2-8(14)6-9(10)15/h2-6H,1H3,(H,19,20). The fraction of sp³-hybridized carbons (Fsp3) is 0.154. The van der Waals surface area contributed by atoms with Crippen molar-refractivity contribution < 1.29 is 22.0 Å². The summed E-state index contributed by atoms with van der Waals surface area (Å²) in [6, 6.07) is 4.50. The molecule has 1 aromatic heterocycles. The quantitative estimate of drug-likeness (QED) is 0.839. The normalized spacial score (nSPS) is 11.5. The Morgan fingerprint density at radius 2 is 1.81 bits per heavy atom. The van der Waals surface area contributed by atoms with Gasteiger partial charge in [-0.15, -0.1) is 0 Å². The summed E-state index contributed by atoms with van der Waals surface area (Å²) >= 11 is 0.690. The fourth-order valence-electron chi connectivity index (χ4n) is 1.52. The number of nitrogens with one attached hydrogen (secondary N) is 1. The van der Waals surface area contributed by atoms with E-state index in [2.05, 4.69) is 10.3 Å². The van der Waals surface area contributed by atoms with Crippen molar-refractivity contribution in [2.45, 2.75) is 16.1 Å². The predicted molar refractivity (Wildman–Crippen MR) is 69.3 cm³/mol. The SMILES string of the molecule is CNc1cc(C(F)(F)F)cc(Sc2ccc(F)cc2F)n1. The lowest BCUT2D eigenvalue weighted by molar-refractivity contribution is -0.137.